The zero-order chi connectivity index (χ0) is 21.3. The van der Waals surface area contributed by atoms with Crippen molar-refractivity contribution in [1.29, 1.82) is 0 Å². The van der Waals surface area contributed by atoms with E-state index in [1.54, 1.807) is 7.11 Å². The van der Waals surface area contributed by atoms with Crippen molar-refractivity contribution in [2.45, 2.75) is 63.5 Å². The molecule has 30 heavy (non-hydrogen) atoms. The van der Waals surface area contributed by atoms with Gasteiger partial charge in [-0.1, -0.05) is 0 Å². The van der Waals surface area contributed by atoms with Gasteiger partial charge in [-0.2, -0.15) is 10.2 Å². The number of nitrogens with one attached hydrogen (secondary N) is 3. The van der Waals surface area contributed by atoms with Crippen LogP contribution >= 0.6 is 0 Å². The minimum absolute atomic E-state index is 0.0675. The summed E-state index contributed by atoms with van der Waals surface area (Å²) in [5, 5.41) is 18.2. The van der Waals surface area contributed by atoms with E-state index in [9.17, 15) is 4.79 Å². The number of methoxy groups -OCH3 is 1. The molecule has 0 bridgehead atoms. The summed E-state index contributed by atoms with van der Waals surface area (Å²) in [7, 11) is 3.54. The summed E-state index contributed by atoms with van der Waals surface area (Å²) in [6, 6.07) is 4.06. The van der Waals surface area contributed by atoms with Crippen LogP contribution in [0.5, 0.6) is 0 Å². The topological polar surface area (TPSA) is 119 Å². The Bertz CT molecular complexity index is 888. The number of alkyl carbamates (subject to hydrolysis) is 1. The molecule has 3 N–H and O–H groups in total. The first kappa shape index (κ1) is 20.7. The van der Waals surface area contributed by atoms with E-state index >= 15 is 0 Å². The number of epoxide rings is 1. The average Bonchev–Trinajstić information content (AvgIpc) is 3.01. The first-order chi connectivity index (χ1) is 14.4. The van der Waals surface area contributed by atoms with Crippen molar-refractivity contribution < 1.29 is 19.0 Å². The van der Waals surface area contributed by atoms with Gasteiger partial charge in [0.05, 0.1) is 18.0 Å². The fourth-order valence-electron chi connectivity index (χ4n) is 4.05. The number of amides is 1. The van der Waals surface area contributed by atoms with Gasteiger partial charge in [-0.3, -0.25) is 9.78 Å². The van der Waals surface area contributed by atoms with Crippen molar-refractivity contribution in [3.8, 4) is 0 Å². The van der Waals surface area contributed by atoms with Gasteiger partial charge in [0.1, 0.15) is 12.7 Å². The van der Waals surface area contributed by atoms with Gasteiger partial charge in [0, 0.05) is 37.9 Å². The summed E-state index contributed by atoms with van der Waals surface area (Å²) in [5.41, 5.74) is 2.21. The Hall–Kier alpha value is -2.59. The van der Waals surface area contributed by atoms with Crippen molar-refractivity contribution in [2.75, 3.05) is 19.0 Å². The zero-order valence-electron chi connectivity index (χ0n) is 17.9. The number of H-pyrrole nitrogens is 1. The average molecular weight is 418 g/mol. The van der Waals surface area contributed by atoms with Crippen LogP contribution in [0, 0.1) is 0 Å². The van der Waals surface area contributed by atoms with Gasteiger partial charge in [0.25, 0.3) is 0 Å². The van der Waals surface area contributed by atoms with E-state index in [0.29, 0.717) is 13.2 Å². The molecule has 3 atom stereocenters. The molecule has 10 nitrogen and oxygen atoms in total. The number of rotatable bonds is 8. The highest BCUT2D eigenvalue weighted by molar-refractivity contribution is 5.67. The molecule has 164 valence electrons. The third-order valence-electron chi connectivity index (χ3n) is 5.50. The maximum Gasteiger partial charge on any atom is 0.407 e. The molecule has 1 aliphatic carbocycles. The fourth-order valence-corrected chi connectivity index (χ4v) is 4.05. The van der Waals surface area contributed by atoms with Crippen LogP contribution in [0.1, 0.15) is 56.1 Å². The van der Waals surface area contributed by atoms with Crippen LogP contribution in [-0.4, -0.2) is 51.9 Å². The van der Waals surface area contributed by atoms with Crippen LogP contribution in [0.4, 0.5) is 10.6 Å². The maximum absolute atomic E-state index is 11.8. The Morgan fingerprint density at radius 2 is 2.23 bits per heavy atom. The Kier molecular flexibility index (Phi) is 5.70. The third-order valence-corrected chi connectivity index (χ3v) is 5.50. The number of carbonyl (C=O) groups is 1. The second kappa shape index (κ2) is 8.27. The molecule has 2 aliphatic rings. The van der Waals surface area contributed by atoms with Crippen LogP contribution < -0.4 is 10.6 Å². The lowest BCUT2D eigenvalue weighted by molar-refractivity contribution is 0.0981. The van der Waals surface area contributed by atoms with Crippen LogP contribution in [-0.2, 0) is 33.6 Å². The van der Waals surface area contributed by atoms with E-state index in [1.165, 1.54) is 0 Å². The minimum Gasteiger partial charge on any atom is -0.446 e. The second-order valence-electron chi connectivity index (χ2n) is 8.36. The molecule has 1 amide bonds. The first-order valence-corrected chi connectivity index (χ1v) is 10.4. The molecule has 2 aromatic rings. The molecular weight excluding hydrogens is 388 g/mol. The van der Waals surface area contributed by atoms with Gasteiger partial charge < -0.3 is 24.8 Å². The molecule has 3 heterocycles. The lowest BCUT2D eigenvalue weighted by atomic mass is 10.0. The second-order valence-corrected chi connectivity index (χ2v) is 8.36. The van der Waals surface area contributed by atoms with Gasteiger partial charge >= 0.3 is 6.09 Å². The molecule has 1 aliphatic heterocycles. The highest BCUT2D eigenvalue weighted by atomic mass is 16.6. The smallest absolute Gasteiger partial charge is 0.407 e. The SMILES string of the molecule is COCc1cc(C2(Nc3cc([C@H]4CC[C@@H](OC(=O)NC(C)C)C4)[nH]n3)CO2)n(C)n1. The predicted octanol–water partition coefficient (Wildman–Crippen LogP) is 2.36. The van der Waals surface area contributed by atoms with Gasteiger partial charge in [0.2, 0.25) is 5.72 Å². The van der Waals surface area contributed by atoms with Gasteiger partial charge in [-0.05, 0) is 39.2 Å². The molecule has 10 heteroatoms. The number of aryl methyl sites for hydroxylation is 1. The fraction of sp³-hybridized carbons (Fsp3) is 0.650. The van der Waals surface area contributed by atoms with E-state index in [2.05, 4.69) is 25.9 Å². The molecule has 4 rings (SSSR count). The molecule has 2 aromatic heterocycles. The molecule has 1 unspecified atom stereocenters. The van der Waals surface area contributed by atoms with Crippen LogP contribution in [0.15, 0.2) is 12.1 Å². The van der Waals surface area contributed by atoms with E-state index in [4.69, 9.17) is 14.2 Å². The highest BCUT2D eigenvalue weighted by Gasteiger charge is 2.50. The van der Waals surface area contributed by atoms with Crippen molar-refractivity contribution >= 4 is 11.9 Å². The molecule has 1 saturated carbocycles. The molecule has 1 saturated heterocycles. The first-order valence-electron chi connectivity index (χ1n) is 10.4. The normalized spacial score (nSPS) is 25.5. The summed E-state index contributed by atoms with van der Waals surface area (Å²) in [6.45, 7) is 4.83. The predicted molar refractivity (Wildman–Crippen MR) is 109 cm³/mol. The number of nitrogens with zero attached hydrogens (tertiary/aromatic N) is 3. The van der Waals surface area contributed by atoms with Crippen LogP contribution in [0.3, 0.4) is 0 Å². The summed E-state index contributed by atoms with van der Waals surface area (Å²) < 4.78 is 18.3. The van der Waals surface area contributed by atoms with E-state index in [-0.39, 0.29) is 24.2 Å². The number of carbonyl (C=O) groups excluding carboxylic acids is 1. The largest absolute Gasteiger partial charge is 0.446 e. The number of ether oxygens (including phenoxy) is 3. The Labute approximate surface area is 175 Å². The zero-order valence-corrected chi connectivity index (χ0v) is 17.9. The number of aromatic amines is 1. The monoisotopic (exact) mass is 418 g/mol. The van der Waals surface area contributed by atoms with Gasteiger partial charge in [-0.15, -0.1) is 0 Å². The number of hydrogen-bond donors (Lipinski definition) is 3. The van der Waals surface area contributed by atoms with Crippen molar-refractivity contribution in [1.82, 2.24) is 25.3 Å². The van der Waals surface area contributed by atoms with E-state index in [0.717, 1.165) is 42.2 Å². The standard InChI is InChI=1S/C20H30N6O4/c1-12(2)21-19(27)30-15-6-5-13(7-15)16-9-18(24-23-16)22-20(11-29-20)17-8-14(10-28-4)25-26(17)3/h8-9,12-13,15H,5-7,10-11H2,1-4H3,(H,21,27)(H2,22,23,24)/t13-,15+,20?/m0/s1. The Morgan fingerprint density at radius 1 is 1.43 bits per heavy atom. The van der Waals surface area contributed by atoms with Crippen LogP contribution in [0.2, 0.25) is 0 Å². The number of anilines is 1. The number of hydrogen-bond acceptors (Lipinski definition) is 7. The molecule has 0 spiro atoms. The summed E-state index contributed by atoms with van der Waals surface area (Å²) in [5.74, 6) is 1.00. The minimum atomic E-state index is -0.615. The van der Waals surface area contributed by atoms with E-state index < -0.39 is 5.72 Å². The van der Waals surface area contributed by atoms with Crippen molar-refractivity contribution in [3.05, 3.63) is 29.2 Å². The quantitative estimate of drug-likeness (QED) is 0.563. The molecule has 0 radical (unpaired) electrons. The highest BCUT2D eigenvalue weighted by Crippen LogP contribution is 2.40. The summed E-state index contributed by atoms with van der Waals surface area (Å²) >= 11 is 0. The van der Waals surface area contributed by atoms with Gasteiger partial charge in [0.15, 0.2) is 5.82 Å². The van der Waals surface area contributed by atoms with Gasteiger partial charge in [-0.25, -0.2) is 4.79 Å². The van der Waals surface area contributed by atoms with Crippen molar-refractivity contribution in [2.24, 2.45) is 7.05 Å². The third kappa shape index (κ3) is 4.44. The van der Waals surface area contributed by atoms with Crippen LogP contribution in [0.25, 0.3) is 0 Å². The summed E-state index contributed by atoms with van der Waals surface area (Å²) in [6.07, 6.45) is 2.17. The maximum atomic E-state index is 11.8. The lowest BCUT2D eigenvalue weighted by Gasteiger charge is -2.14. The summed E-state index contributed by atoms with van der Waals surface area (Å²) in [4.78, 5) is 11.8. The molecule has 0 aromatic carbocycles. The van der Waals surface area contributed by atoms with E-state index in [1.807, 2.05) is 37.7 Å². The number of aromatic nitrogens is 4. The lowest BCUT2D eigenvalue weighted by Crippen LogP contribution is -2.33. The van der Waals surface area contributed by atoms with Crippen molar-refractivity contribution in [3.63, 3.8) is 0 Å². The molecule has 2 fully saturated rings. The Morgan fingerprint density at radius 3 is 2.93 bits per heavy atom. The molecular formula is C20H30N6O4. The Balaban J connectivity index is 1.36.